The number of benzene rings is 4. The molecule has 14 nitrogen and oxygen atoms in total. The van der Waals surface area contributed by atoms with Gasteiger partial charge in [0.15, 0.2) is 5.82 Å². The number of anilines is 2. The van der Waals surface area contributed by atoms with Crippen LogP contribution < -0.4 is 25.2 Å². The number of aromatic hydroxyl groups is 1. The van der Waals surface area contributed by atoms with E-state index in [2.05, 4.69) is 48.4 Å². The van der Waals surface area contributed by atoms with Gasteiger partial charge in [-0.15, -0.1) is 6.42 Å². The van der Waals surface area contributed by atoms with E-state index in [0.717, 1.165) is 120 Å². The summed E-state index contributed by atoms with van der Waals surface area (Å²) in [6.45, 7) is 7.92. The SMILES string of the molecule is C#Cc1c(F)ccc2cc(O)cc(-c3ncc4c(N5CC6CCC(C5)N6)nc(OCC5(CN6CCC(CN7CCC(c8ccc9c%10c(cccc8%10)C(=O)N9C(C=O)CCC=O)CC7)CC6)CC5)nc4c3F)c12.CNC. The summed E-state index contributed by atoms with van der Waals surface area (Å²) in [6.07, 6.45) is 18.0. The van der Waals surface area contributed by atoms with Gasteiger partial charge in [-0.2, -0.15) is 9.97 Å². The van der Waals surface area contributed by atoms with Crippen molar-refractivity contribution in [1.29, 1.82) is 0 Å². The van der Waals surface area contributed by atoms with Crippen LogP contribution in [0.15, 0.2) is 60.8 Å². The van der Waals surface area contributed by atoms with E-state index in [9.17, 15) is 19.5 Å². The molecule has 1 saturated carbocycles. The van der Waals surface area contributed by atoms with Gasteiger partial charge in [0, 0.05) is 78.2 Å². The molecule has 7 heterocycles. The van der Waals surface area contributed by atoms with Crippen molar-refractivity contribution in [1.82, 2.24) is 35.4 Å². The highest BCUT2D eigenvalue weighted by molar-refractivity contribution is 6.26. The number of amides is 1. The average molecular weight is 1020 g/mol. The Morgan fingerprint density at radius 2 is 1.67 bits per heavy atom. The van der Waals surface area contributed by atoms with E-state index in [1.165, 1.54) is 29.8 Å². The van der Waals surface area contributed by atoms with Crippen molar-refractivity contribution in [2.45, 2.75) is 88.3 Å². The normalized spacial score (nSPS) is 21.1. The van der Waals surface area contributed by atoms with E-state index in [-0.39, 0.29) is 57.2 Å². The first kappa shape index (κ1) is 50.5. The predicted molar refractivity (Wildman–Crippen MR) is 288 cm³/mol. The number of aromatic nitrogens is 3. The van der Waals surface area contributed by atoms with Crippen LogP contribution in [0, 0.1) is 35.3 Å². The predicted octanol–water partition coefficient (Wildman–Crippen LogP) is 8.00. The zero-order valence-corrected chi connectivity index (χ0v) is 42.8. The summed E-state index contributed by atoms with van der Waals surface area (Å²) in [5.74, 6) is 2.33. The van der Waals surface area contributed by atoms with Gasteiger partial charge in [-0.1, -0.05) is 30.2 Å². The first-order chi connectivity index (χ1) is 36.5. The van der Waals surface area contributed by atoms with Crippen LogP contribution in [-0.2, 0) is 9.59 Å². The zero-order valence-electron chi connectivity index (χ0n) is 42.8. The van der Waals surface area contributed by atoms with Crippen LogP contribution >= 0.6 is 0 Å². The number of pyridine rings is 1. The summed E-state index contributed by atoms with van der Waals surface area (Å²) in [7, 11) is 3.75. The van der Waals surface area contributed by atoms with Crippen LogP contribution in [0.1, 0.15) is 91.6 Å². The minimum Gasteiger partial charge on any atom is -0.508 e. The van der Waals surface area contributed by atoms with Crippen molar-refractivity contribution in [2.75, 3.05) is 82.9 Å². The Kier molecular flexibility index (Phi) is 14.3. The molecule has 0 radical (unpaired) electrons. The maximum absolute atomic E-state index is 17.2. The minimum absolute atomic E-state index is 0.0374. The summed E-state index contributed by atoms with van der Waals surface area (Å²) in [5.41, 5.74) is 2.69. The van der Waals surface area contributed by atoms with Crippen molar-refractivity contribution >= 4 is 62.4 Å². The van der Waals surface area contributed by atoms with Gasteiger partial charge in [0.2, 0.25) is 0 Å². The van der Waals surface area contributed by atoms with Gasteiger partial charge in [0.1, 0.15) is 41.2 Å². The van der Waals surface area contributed by atoms with E-state index in [1.54, 1.807) is 11.1 Å². The first-order valence-corrected chi connectivity index (χ1v) is 26.8. The monoisotopic (exact) mass is 1020 g/mol. The van der Waals surface area contributed by atoms with E-state index in [1.807, 2.05) is 32.3 Å². The van der Waals surface area contributed by atoms with Crippen molar-refractivity contribution in [3.05, 3.63) is 89.1 Å². The fourth-order valence-corrected chi connectivity index (χ4v) is 12.8. The second-order valence-corrected chi connectivity index (χ2v) is 21.8. The van der Waals surface area contributed by atoms with Crippen LogP contribution in [0.25, 0.3) is 43.7 Å². The number of aldehydes is 2. The molecule has 5 fully saturated rings. The molecule has 12 rings (SSSR count). The van der Waals surface area contributed by atoms with Crippen LogP contribution in [0.3, 0.4) is 0 Å². The molecule has 4 aromatic carbocycles. The minimum atomic E-state index is -0.727. The lowest BCUT2D eigenvalue weighted by molar-refractivity contribution is -0.109. The molecule has 75 heavy (non-hydrogen) atoms. The number of hydrogen-bond donors (Lipinski definition) is 3. The zero-order chi connectivity index (χ0) is 52.0. The maximum Gasteiger partial charge on any atom is 0.319 e. The lowest BCUT2D eigenvalue weighted by Gasteiger charge is -2.39. The number of piperazine rings is 1. The molecule has 4 saturated heterocycles. The number of carbonyl (C=O) groups is 3. The number of terminal acetylenes is 1. The summed E-state index contributed by atoms with van der Waals surface area (Å²) in [4.78, 5) is 60.0. The number of halogens is 2. The molecule has 6 aromatic rings. The molecule has 2 bridgehead atoms. The maximum atomic E-state index is 17.2. The third-order valence-electron chi connectivity index (χ3n) is 16.7. The van der Waals surface area contributed by atoms with Gasteiger partial charge in [0.25, 0.3) is 5.91 Å². The smallest absolute Gasteiger partial charge is 0.319 e. The fraction of sp³-hybridized carbons (Fsp3) is 0.458. The lowest BCUT2D eigenvalue weighted by Crippen LogP contribution is -2.51. The standard InChI is InChI=1S/C57H58F2N8O5.C2H7N/c1-2-41-47(58)12-8-36-25-40(70)26-45(49(36)41)52-51(59)53-46(27-60-52)54(66-29-37-9-10-38(30-66)61-37)63-56(62-53)72-33-57(18-19-57)32-65-20-14-34(15-21-65)28-64-22-16-35(17-23-64)42-11-13-48-50-43(42)6-3-7-44(50)55(71)67(48)39(31-69)5-4-24-68;1-3-2/h1,3,6-8,11-13,24-27,31,34-35,37-39,61,70H,4-5,9-10,14-23,28-30,32-33H2;3H,1-2H3. The second-order valence-electron chi connectivity index (χ2n) is 21.8. The van der Waals surface area contributed by atoms with Gasteiger partial charge >= 0.3 is 6.01 Å². The fourth-order valence-electron chi connectivity index (χ4n) is 12.8. The number of fused-ring (bicyclic) bond motifs is 4. The number of phenolic OH excluding ortho intramolecular Hbond substituents is 1. The topological polar surface area (TPSA) is 156 Å². The van der Waals surface area contributed by atoms with Crippen molar-refractivity contribution < 1.29 is 33.0 Å². The van der Waals surface area contributed by atoms with E-state index < -0.39 is 17.7 Å². The largest absolute Gasteiger partial charge is 0.508 e. The first-order valence-electron chi connectivity index (χ1n) is 26.8. The molecule has 0 spiro atoms. The number of phenols is 1. The molecule has 3 atom stereocenters. The lowest BCUT2D eigenvalue weighted by atomic mass is 9.85. The highest BCUT2D eigenvalue weighted by Gasteiger charge is 2.46. The highest BCUT2D eigenvalue weighted by atomic mass is 19.1. The summed E-state index contributed by atoms with van der Waals surface area (Å²) >= 11 is 0. The molecule has 5 aliphatic heterocycles. The van der Waals surface area contributed by atoms with Gasteiger partial charge in [-0.3, -0.25) is 14.7 Å². The Morgan fingerprint density at radius 3 is 2.37 bits per heavy atom. The average Bonchev–Trinajstić information content (AvgIpc) is 4.02. The van der Waals surface area contributed by atoms with E-state index in [4.69, 9.17) is 21.1 Å². The van der Waals surface area contributed by atoms with E-state index in [0.29, 0.717) is 72.2 Å². The molecule has 6 aliphatic rings. The highest BCUT2D eigenvalue weighted by Crippen LogP contribution is 2.48. The number of piperidine rings is 2. The van der Waals surface area contributed by atoms with E-state index >= 15 is 8.78 Å². The Bertz CT molecular complexity index is 3210. The second kappa shape index (κ2) is 21.2. The summed E-state index contributed by atoms with van der Waals surface area (Å²) in [6, 6.07) is 15.7. The third kappa shape index (κ3) is 9.80. The molecule has 2 aromatic heterocycles. The van der Waals surface area contributed by atoms with Gasteiger partial charge < -0.3 is 44.8 Å². The summed E-state index contributed by atoms with van der Waals surface area (Å²) in [5, 5.41) is 20.3. The Morgan fingerprint density at radius 1 is 0.920 bits per heavy atom. The van der Waals surface area contributed by atoms with Crippen molar-refractivity contribution in [3.8, 4) is 35.4 Å². The van der Waals surface area contributed by atoms with Gasteiger partial charge in [-0.25, -0.2) is 8.78 Å². The number of ether oxygens (including phenoxy) is 1. The van der Waals surface area contributed by atoms with Gasteiger partial charge in [-0.05, 0) is 157 Å². The van der Waals surface area contributed by atoms with Crippen LogP contribution in [0.5, 0.6) is 11.8 Å². The molecule has 3 unspecified atom stereocenters. The molecular formula is C59H65F2N9O5. The molecule has 390 valence electrons. The number of hydrogen-bond acceptors (Lipinski definition) is 13. The third-order valence-corrected chi connectivity index (χ3v) is 16.7. The van der Waals surface area contributed by atoms with Crippen molar-refractivity contribution in [2.24, 2.45) is 11.3 Å². The number of rotatable bonds is 15. The summed E-state index contributed by atoms with van der Waals surface area (Å²) < 4.78 is 38.7. The quantitative estimate of drug-likeness (QED) is 0.0673. The Labute approximate surface area is 436 Å². The Balaban J connectivity index is 0.00000196. The Hall–Kier alpha value is -6.64. The number of nitrogens with one attached hydrogen (secondary N) is 2. The van der Waals surface area contributed by atoms with Crippen LogP contribution in [0.2, 0.25) is 0 Å². The molecule has 16 heteroatoms. The molecule has 1 amide bonds. The van der Waals surface area contributed by atoms with Crippen LogP contribution in [-0.4, -0.2) is 140 Å². The van der Waals surface area contributed by atoms with Crippen molar-refractivity contribution in [3.63, 3.8) is 0 Å². The van der Waals surface area contributed by atoms with Gasteiger partial charge in [0.05, 0.1) is 29.3 Å². The number of likely N-dealkylation sites (tertiary alicyclic amines) is 2. The molecule has 1 aliphatic carbocycles. The number of carbonyl (C=O) groups excluding carboxylic acids is 3. The van der Waals surface area contributed by atoms with Crippen LogP contribution in [0.4, 0.5) is 20.3 Å². The molecule has 3 N–H and O–H groups in total. The number of nitrogens with zero attached hydrogens (tertiary/aromatic N) is 7. The molecular weight excluding hydrogens is 953 g/mol.